The number of hydrogen-bond donors (Lipinski definition) is 1. The Bertz CT molecular complexity index is 1420. The van der Waals surface area contributed by atoms with Gasteiger partial charge in [0.15, 0.2) is 0 Å². The minimum absolute atomic E-state index is 0.0759. The molecule has 208 valence electrons. The standard InChI is InChI=1S/C30H36ClN3O4S/c1-21-11-17-26(18-12-21)39(37,38)34(27-10-8-7-9-22(27)2)20-28(35)33(19-24-13-15-25(31)16-14-24)23(3)29(36)32-30(4,5)6/h7-18,23H,19-20H2,1-6H3,(H,32,36)/t23-/m1/s1. The highest BCUT2D eigenvalue weighted by molar-refractivity contribution is 7.92. The Kier molecular flexibility index (Phi) is 9.46. The molecular weight excluding hydrogens is 534 g/mol. The molecule has 0 aliphatic carbocycles. The Hall–Kier alpha value is -3.36. The average Bonchev–Trinajstić information content (AvgIpc) is 2.86. The van der Waals surface area contributed by atoms with Crippen LogP contribution in [0.5, 0.6) is 0 Å². The van der Waals surface area contributed by atoms with E-state index in [2.05, 4.69) is 5.32 Å². The SMILES string of the molecule is Cc1ccc(S(=O)(=O)N(CC(=O)N(Cc2ccc(Cl)cc2)[C@H](C)C(=O)NC(C)(C)C)c2ccccc2C)cc1. The maximum absolute atomic E-state index is 14.0. The van der Waals surface area contributed by atoms with E-state index in [1.165, 1.54) is 17.0 Å². The van der Waals surface area contributed by atoms with Crippen molar-refractivity contribution >= 4 is 39.1 Å². The van der Waals surface area contributed by atoms with Crippen LogP contribution in [0.25, 0.3) is 0 Å². The average molecular weight is 570 g/mol. The first kappa shape index (κ1) is 30.2. The second-order valence-corrected chi connectivity index (χ2v) is 13.0. The molecule has 39 heavy (non-hydrogen) atoms. The van der Waals surface area contributed by atoms with Crippen molar-refractivity contribution < 1.29 is 18.0 Å². The minimum Gasteiger partial charge on any atom is -0.350 e. The largest absolute Gasteiger partial charge is 0.350 e. The third kappa shape index (κ3) is 7.83. The zero-order valence-electron chi connectivity index (χ0n) is 23.2. The van der Waals surface area contributed by atoms with Crippen molar-refractivity contribution in [2.75, 3.05) is 10.8 Å². The fourth-order valence-corrected chi connectivity index (χ4v) is 5.64. The number of sulfonamides is 1. The molecule has 1 atom stereocenters. The number of para-hydroxylation sites is 1. The van der Waals surface area contributed by atoms with Gasteiger partial charge in [-0.1, -0.05) is 59.6 Å². The Morgan fingerprint density at radius 1 is 0.923 bits per heavy atom. The van der Waals surface area contributed by atoms with Crippen LogP contribution in [0.2, 0.25) is 5.02 Å². The van der Waals surface area contributed by atoms with Gasteiger partial charge in [-0.2, -0.15) is 0 Å². The number of benzene rings is 3. The molecule has 2 amide bonds. The topological polar surface area (TPSA) is 86.8 Å². The van der Waals surface area contributed by atoms with Crippen molar-refractivity contribution in [3.63, 3.8) is 0 Å². The molecule has 0 aliphatic heterocycles. The zero-order valence-corrected chi connectivity index (χ0v) is 24.8. The number of anilines is 1. The number of carbonyl (C=O) groups is 2. The van der Waals surface area contributed by atoms with E-state index in [0.29, 0.717) is 16.3 Å². The molecular formula is C30H36ClN3O4S. The monoisotopic (exact) mass is 569 g/mol. The van der Waals surface area contributed by atoms with Gasteiger partial charge in [0, 0.05) is 17.1 Å². The van der Waals surface area contributed by atoms with Crippen LogP contribution in [0.1, 0.15) is 44.4 Å². The van der Waals surface area contributed by atoms with E-state index in [4.69, 9.17) is 11.6 Å². The number of amides is 2. The number of aryl methyl sites for hydroxylation is 2. The van der Waals surface area contributed by atoms with Gasteiger partial charge in [0.1, 0.15) is 12.6 Å². The summed E-state index contributed by atoms with van der Waals surface area (Å²) in [5.74, 6) is -0.853. The highest BCUT2D eigenvalue weighted by Gasteiger charge is 2.33. The van der Waals surface area contributed by atoms with Gasteiger partial charge in [-0.15, -0.1) is 0 Å². The lowest BCUT2D eigenvalue weighted by Crippen LogP contribution is -2.54. The summed E-state index contributed by atoms with van der Waals surface area (Å²) in [6.45, 7) is 10.5. The maximum atomic E-state index is 14.0. The molecule has 0 spiro atoms. The lowest BCUT2D eigenvalue weighted by atomic mass is 10.1. The number of nitrogens with one attached hydrogen (secondary N) is 1. The third-order valence-electron chi connectivity index (χ3n) is 6.20. The van der Waals surface area contributed by atoms with Crippen LogP contribution in [0, 0.1) is 13.8 Å². The highest BCUT2D eigenvalue weighted by Crippen LogP contribution is 2.27. The smallest absolute Gasteiger partial charge is 0.264 e. The Morgan fingerprint density at radius 3 is 2.08 bits per heavy atom. The number of carbonyl (C=O) groups excluding carboxylic acids is 2. The molecule has 3 aromatic carbocycles. The van der Waals surface area contributed by atoms with E-state index in [-0.39, 0.29) is 17.3 Å². The highest BCUT2D eigenvalue weighted by atomic mass is 35.5. The quantitative estimate of drug-likeness (QED) is 0.369. The molecule has 0 aliphatic rings. The molecule has 9 heteroatoms. The summed E-state index contributed by atoms with van der Waals surface area (Å²) in [7, 11) is -4.11. The molecule has 0 saturated carbocycles. The van der Waals surface area contributed by atoms with Crippen LogP contribution in [0.3, 0.4) is 0 Å². The first-order chi connectivity index (χ1) is 18.2. The second-order valence-electron chi connectivity index (χ2n) is 10.7. The summed E-state index contributed by atoms with van der Waals surface area (Å²) < 4.78 is 28.9. The van der Waals surface area contributed by atoms with E-state index < -0.39 is 34.1 Å². The van der Waals surface area contributed by atoms with Gasteiger partial charge in [-0.25, -0.2) is 8.42 Å². The molecule has 0 heterocycles. The summed E-state index contributed by atoms with van der Waals surface area (Å²) in [4.78, 5) is 28.6. The molecule has 7 nitrogen and oxygen atoms in total. The molecule has 0 unspecified atom stereocenters. The van der Waals surface area contributed by atoms with Gasteiger partial charge in [0.25, 0.3) is 10.0 Å². The van der Waals surface area contributed by atoms with Crippen molar-refractivity contribution in [1.29, 1.82) is 0 Å². The van der Waals surface area contributed by atoms with Crippen LogP contribution in [-0.4, -0.2) is 43.3 Å². The number of nitrogens with zero attached hydrogens (tertiary/aromatic N) is 2. The van der Waals surface area contributed by atoms with E-state index in [0.717, 1.165) is 15.4 Å². The zero-order chi connectivity index (χ0) is 29.0. The second kappa shape index (κ2) is 12.2. The van der Waals surface area contributed by atoms with E-state index >= 15 is 0 Å². The normalized spacial score (nSPS) is 12.5. The Balaban J connectivity index is 2.04. The lowest BCUT2D eigenvalue weighted by molar-refractivity contribution is -0.140. The molecule has 3 rings (SSSR count). The minimum atomic E-state index is -4.11. The summed E-state index contributed by atoms with van der Waals surface area (Å²) in [6.07, 6.45) is 0. The summed E-state index contributed by atoms with van der Waals surface area (Å²) >= 11 is 6.05. The van der Waals surface area contributed by atoms with Crippen LogP contribution in [-0.2, 0) is 26.2 Å². The number of rotatable bonds is 9. The van der Waals surface area contributed by atoms with Crippen molar-refractivity contribution in [1.82, 2.24) is 10.2 Å². The first-order valence-electron chi connectivity index (χ1n) is 12.7. The van der Waals surface area contributed by atoms with Crippen molar-refractivity contribution in [2.24, 2.45) is 0 Å². The molecule has 1 N–H and O–H groups in total. The van der Waals surface area contributed by atoms with Gasteiger partial charge < -0.3 is 10.2 Å². The van der Waals surface area contributed by atoms with Gasteiger partial charge >= 0.3 is 0 Å². The predicted molar refractivity (Wildman–Crippen MR) is 156 cm³/mol. The molecule has 0 aromatic heterocycles. The molecule has 0 radical (unpaired) electrons. The molecule has 0 saturated heterocycles. The van der Waals surface area contributed by atoms with Crippen molar-refractivity contribution in [2.45, 2.75) is 64.6 Å². The summed E-state index contributed by atoms with van der Waals surface area (Å²) in [6, 6.07) is 19.6. The maximum Gasteiger partial charge on any atom is 0.264 e. The fraction of sp³-hybridized carbons (Fsp3) is 0.333. The van der Waals surface area contributed by atoms with Gasteiger partial charge in [-0.3, -0.25) is 13.9 Å². The first-order valence-corrected chi connectivity index (χ1v) is 14.5. The summed E-state index contributed by atoms with van der Waals surface area (Å²) in [5.41, 5.74) is 2.25. The number of halogens is 1. The van der Waals surface area contributed by atoms with E-state index in [1.54, 1.807) is 68.4 Å². The van der Waals surface area contributed by atoms with Crippen LogP contribution in [0.4, 0.5) is 5.69 Å². The van der Waals surface area contributed by atoms with Gasteiger partial charge in [-0.05, 0) is 83.0 Å². The van der Waals surface area contributed by atoms with Crippen molar-refractivity contribution in [3.05, 3.63) is 94.5 Å². The lowest BCUT2D eigenvalue weighted by Gasteiger charge is -2.33. The molecule has 0 fully saturated rings. The van der Waals surface area contributed by atoms with E-state index in [1.807, 2.05) is 33.8 Å². The van der Waals surface area contributed by atoms with Crippen LogP contribution in [0.15, 0.2) is 77.7 Å². The van der Waals surface area contributed by atoms with Crippen LogP contribution < -0.4 is 9.62 Å². The Labute approximate surface area is 236 Å². The van der Waals surface area contributed by atoms with Crippen molar-refractivity contribution in [3.8, 4) is 0 Å². The van der Waals surface area contributed by atoms with E-state index in [9.17, 15) is 18.0 Å². The fourth-order valence-electron chi connectivity index (χ4n) is 4.04. The molecule has 3 aromatic rings. The van der Waals surface area contributed by atoms with Crippen LogP contribution >= 0.6 is 11.6 Å². The Morgan fingerprint density at radius 2 is 1.51 bits per heavy atom. The third-order valence-corrected chi connectivity index (χ3v) is 8.23. The molecule has 0 bridgehead atoms. The number of hydrogen-bond acceptors (Lipinski definition) is 4. The van der Waals surface area contributed by atoms with Gasteiger partial charge in [0.2, 0.25) is 11.8 Å². The summed E-state index contributed by atoms with van der Waals surface area (Å²) in [5, 5.41) is 3.47. The predicted octanol–water partition coefficient (Wildman–Crippen LogP) is 5.48. The van der Waals surface area contributed by atoms with Gasteiger partial charge in [0.05, 0.1) is 10.6 Å².